The van der Waals surface area contributed by atoms with Gasteiger partial charge in [0.15, 0.2) is 0 Å². The number of nitrogens with one attached hydrogen (secondary N) is 1. The Morgan fingerprint density at radius 2 is 1.90 bits per heavy atom. The molecule has 0 spiro atoms. The molecule has 1 unspecified atom stereocenters. The maximum Gasteiger partial charge on any atom is 0.141 e. The average Bonchev–Trinajstić information content (AvgIpc) is 2.47. The molecule has 6 heteroatoms. The number of anilines is 1. The van der Waals surface area contributed by atoms with Crippen molar-refractivity contribution in [3.8, 4) is 5.75 Å². The molecule has 2 aromatic rings. The Balaban J connectivity index is 1.81. The molecule has 0 amide bonds. The van der Waals surface area contributed by atoms with Gasteiger partial charge in [-0.15, -0.1) is 0 Å². The summed E-state index contributed by atoms with van der Waals surface area (Å²) in [6, 6.07) is 11.3. The highest BCUT2D eigenvalue weighted by Crippen LogP contribution is 2.23. The van der Waals surface area contributed by atoms with Gasteiger partial charge in [-0.3, -0.25) is 0 Å². The Morgan fingerprint density at radius 3 is 2.62 bits per heavy atom. The lowest BCUT2D eigenvalue weighted by Gasteiger charge is -2.14. The summed E-state index contributed by atoms with van der Waals surface area (Å²) in [5.74, 6) is 0.0351. The van der Waals surface area contributed by atoms with Gasteiger partial charge in [-0.05, 0) is 30.3 Å². The van der Waals surface area contributed by atoms with Crippen molar-refractivity contribution in [3.63, 3.8) is 0 Å². The number of rotatable bonds is 6. The molecule has 0 aliphatic carbocycles. The van der Waals surface area contributed by atoms with Crippen LogP contribution in [0.5, 0.6) is 5.75 Å². The van der Waals surface area contributed by atoms with Crippen molar-refractivity contribution >= 4 is 28.9 Å². The van der Waals surface area contributed by atoms with Crippen molar-refractivity contribution in [2.24, 2.45) is 0 Å². The summed E-state index contributed by atoms with van der Waals surface area (Å²) in [6.07, 6.45) is -0.745. The molecular formula is C15H14Cl2FNO2. The number of aliphatic hydroxyl groups excluding tert-OH is 1. The predicted molar refractivity (Wildman–Crippen MR) is 82.9 cm³/mol. The van der Waals surface area contributed by atoms with Crippen molar-refractivity contribution in [3.05, 3.63) is 58.3 Å². The summed E-state index contributed by atoms with van der Waals surface area (Å²) in [5.41, 5.74) is 0.623. The zero-order valence-electron chi connectivity index (χ0n) is 11.0. The van der Waals surface area contributed by atoms with Gasteiger partial charge in [0.1, 0.15) is 24.3 Å². The molecule has 0 heterocycles. The van der Waals surface area contributed by atoms with E-state index in [2.05, 4.69) is 5.32 Å². The van der Waals surface area contributed by atoms with Crippen molar-refractivity contribution < 1.29 is 14.2 Å². The summed E-state index contributed by atoms with van der Waals surface area (Å²) in [4.78, 5) is 0. The second-order valence-corrected chi connectivity index (χ2v) is 5.22. The van der Waals surface area contributed by atoms with Gasteiger partial charge in [-0.2, -0.15) is 0 Å². The first-order valence-electron chi connectivity index (χ1n) is 6.30. The van der Waals surface area contributed by atoms with Gasteiger partial charge in [0.05, 0.1) is 10.0 Å². The van der Waals surface area contributed by atoms with Gasteiger partial charge in [0.2, 0.25) is 0 Å². The minimum atomic E-state index is -0.745. The second-order valence-electron chi connectivity index (χ2n) is 4.41. The van der Waals surface area contributed by atoms with E-state index in [1.54, 1.807) is 30.3 Å². The van der Waals surface area contributed by atoms with Crippen LogP contribution in [0.3, 0.4) is 0 Å². The standard InChI is InChI=1S/C15H14Cl2FNO2/c16-12-3-1-2-4-15(12)21-9-11(20)8-19-10-5-6-14(18)13(17)7-10/h1-7,11,19-20H,8-9H2. The number of halogens is 3. The van der Waals surface area contributed by atoms with Crippen LogP contribution in [0.4, 0.5) is 10.1 Å². The zero-order chi connectivity index (χ0) is 15.2. The van der Waals surface area contributed by atoms with Crippen LogP contribution in [-0.2, 0) is 0 Å². The van der Waals surface area contributed by atoms with E-state index in [0.29, 0.717) is 16.5 Å². The van der Waals surface area contributed by atoms with Gasteiger partial charge in [-0.1, -0.05) is 35.3 Å². The summed E-state index contributed by atoms with van der Waals surface area (Å²) < 4.78 is 18.4. The fraction of sp³-hybridized carbons (Fsp3) is 0.200. The topological polar surface area (TPSA) is 41.5 Å². The maximum absolute atomic E-state index is 13.0. The van der Waals surface area contributed by atoms with Gasteiger partial charge < -0.3 is 15.2 Å². The van der Waals surface area contributed by atoms with Gasteiger partial charge in [0.25, 0.3) is 0 Å². The molecular weight excluding hydrogens is 316 g/mol. The number of hydrogen-bond acceptors (Lipinski definition) is 3. The lowest BCUT2D eigenvalue weighted by Crippen LogP contribution is -2.26. The molecule has 0 aromatic heterocycles. The van der Waals surface area contributed by atoms with E-state index >= 15 is 0 Å². The van der Waals surface area contributed by atoms with Crippen LogP contribution in [-0.4, -0.2) is 24.4 Å². The third-order valence-corrected chi connectivity index (χ3v) is 3.33. The van der Waals surface area contributed by atoms with Crippen LogP contribution >= 0.6 is 23.2 Å². The van der Waals surface area contributed by atoms with Gasteiger partial charge in [0, 0.05) is 12.2 Å². The van der Waals surface area contributed by atoms with Crippen LogP contribution in [0.2, 0.25) is 10.0 Å². The van der Waals surface area contributed by atoms with Crippen LogP contribution < -0.4 is 10.1 Å². The summed E-state index contributed by atoms with van der Waals surface area (Å²) in [7, 11) is 0. The van der Waals surface area contributed by atoms with Crippen LogP contribution in [0.1, 0.15) is 0 Å². The van der Waals surface area contributed by atoms with E-state index in [1.165, 1.54) is 12.1 Å². The molecule has 112 valence electrons. The SMILES string of the molecule is OC(CNc1ccc(F)c(Cl)c1)COc1ccccc1Cl. The van der Waals surface area contributed by atoms with Gasteiger partial charge >= 0.3 is 0 Å². The van der Waals surface area contributed by atoms with Crippen LogP contribution in [0, 0.1) is 5.82 Å². The lowest BCUT2D eigenvalue weighted by molar-refractivity contribution is 0.117. The highest BCUT2D eigenvalue weighted by atomic mass is 35.5. The third kappa shape index (κ3) is 4.77. The summed E-state index contributed by atoms with van der Waals surface area (Å²) in [6.45, 7) is 0.331. The number of para-hydroxylation sites is 1. The van der Waals surface area contributed by atoms with Crippen molar-refractivity contribution in [2.75, 3.05) is 18.5 Å². The lowest BCUT2D eigenvalue weighted by atomic mass is 10.3. The molecule has 0 saturated heterocycles. The molecule has 21 heavy (non-hydrogen) atoms. The second kappa shape index (κ2) is 7.50. The fourth-order valence-corrected chi connectivity index (χ4v) is 2.02. The van der Waals surface area contributed by atoms with Crippen molar-refractivity contribution in [1.29, 1.82) is 0 Å². The number of ether oxygens (including phenoxy) is 1. The van der Waals surface area contributed by atoms with Gasteiger partial charge in [-0.25, -0.2) is 4.39 Å². The van der Waals surface area contributed by atoms with E-state index in [9.17, 15) is 9.50 Å². The Hall–Kier alpha value is -1.49. The van der Waals surface area contributed by atoms with E-state index in [0.717, 1.165) is 0 Å². The Morgan fingerprint density at radius 1 is 1.14 bits per heavy atom. The normalized spacial score (nSPS) is 12.0. The summed E-state index contributed by atoms with van der Waals surface area (Å²) >= 11 is 11.6. The fourth-order valence-electron chi connectivity index (χ4n) is 1.65. The molecule has 1 atom stereocenters. The number of benzene rings is 2. The molecule has 0 fully saturated rings. The molecule has 0 aliphatic rings. The Labute approximate surface area is 132 Å². The minimum Gasteiger partial charge on any atom is -0.489 e. The van der Waals surface area contributed by atoms with E-state index in [4.69, 9.17) is 27.9 Å². The molecule has 2 rings (SSSR count). The maximum atomic E-state index is 13.0. The predicted octanol–water partition coefficient (Wildman–Crippen LogP) is 3.98. The Kier molecular flexibility index (Phi) is 5.67. The smallest absolute Gasteiger partial charge is 0.141 e. The quantitative estimate of drug-likeness (QED) is 0.842. The highest BCUT2D eigenvalue weighted by Gasteiger charge is 2.08. The number of hydrogen-bond donors (Lipinski definition) is 2. The van der Waals surface area contributed by atoms with Crippen molar-refractivity contribution in [1.82, 2.24) is 0 Å². The first-order valence-corrected chi connectivity index (χ1v) is 7.06. The average molecular weight is 330 g/mol. The van der Waals surface area contributed by atoms with Crippen LogP contribution in [0.15, 0.2) is 42.5 Å². The number of aliphatic hydroxyl groups is 1. The third-order valence-electron chi connectivity index (χ3n) is 2.73. The minimum absolute atomic E-state index is 0.0295. The summed E-state index contributed by atoms with van der Waals surface area (Å²) in [5, 5.41) is 13.3. The first kappa shape index (κ1) is 15.9. The Bertz CT molecular complexity index is 610. The molecule has 0 aliphatic heterocycles. The largest absolute Gasteiger partial charge is 0.489 e. The molecule has 3 nitrogen and oxygen atoms in total. The first-order chi connectivity index (χ1) is 10.1. The molecule has 0 radical (unpaired) electrons. The van der Waals surface area contributed by atoms with Crippen LogP contribution in [0.25, 0.3) is 0 Å². The molecule has 0 saturated carbocycles. The zero-order valence-corrected chi connectivity index (χ0v) is 12.5. The molecule has 2 aromatic carbocycles. The molecule has 0 bridgehead atoms. The molecule has 2 N–H and O–H groups in total. The van der Waals surface area contributed by atoms with E-state index in [1.807, 2.05) is 0 Å². The highest BCUT2D eigenvalue weighted by molar-refractivity contribution is 6.32. The van der Waals surface area contributed by atoms with E-state index in [-0.39, 0.29) is 18.2 Å². The van der Waals surface area contributed by atoms with E-state index < -0.39 is 11.9 Å². The van der Waals surface area contributed by atoms with Crippen molar-refractivity contribution in [2.45, 2.75) is 6.10 Å². The monoisotopic (exact) mass is 329 g/mol.